The van der Waals surface area contributed by atoms with Gasteiger partial charge in [-0.3, -0.25) is 0 Å². The molecule has 4 aromatic rings. The van der Waals surface area contributed by atoms with Gasteiger partial charge in [-0.05, 0) is 50.1 Å². The van der Waals surface area contributed by atoms with Crippen LogP contribution in [0.25, 0.3) is 34.3 Å². The minimum Gasteiger partial charge on any atom is -0.414 e. The molecule has 2 unspecified atom stereocenters. The first kappa shape index (κ1) is 28.2. The Hall–Kier alpha value is -3.81. The van der Waals surface area contributed by atoms with E-state index in [2.05, 4.69) is 25.5 Å². The van der Waals surface area contributed by atoms with Crippen molar-refractivity contribution < 1.29 is 26.7 Å². The summed E-state index contributed by atoms with van der Waals surface area (Å²) in [6.07, 6.45) is 1.55. The van der Waals surface area contributed by atoms with Crippen LogP contribution in [0.1, 0.15) is 25.8 Å². The van der Waals surface area contributed by atoms with Crippen LogP contribution in [-0.2, 0) is 16.4 Å². The second-order valence-corrected chi connectivity index (χ2v) is 11.4. The van der Waals surface area contributed by atoms with Crippen LogP contribution in [0.3, 0.4) is 0 Å². The van der Waals surface area contributed by atoms with Crippen LogP contribution < -0.4 is 11.1 Å². The summed E-state index contributed by atoms with van der Waals surface area (Å²) in [5, 5.41) is 19.2. The van der Waals surface area contributed by atoms with E-state index >= 15 is 0 Å². The van der Waals surface area contributed by atoms with Crippen LogP contribution >= 0.6 is 0 Å². The number of rotatable bonds is 11. The van der Waals surface area contributed by atoms with Crippen LogP contribution in [0.5, 0.6) is 0 Å². The normalized spacial score (nSPS) is 13.4. The molecule has 2 heterocycles. The molecule has 10 nitrogen and oxygen atoms in total. The zero-order chi connectivity index (χ0) is 28.2. The molecule has 2 atom stereocenters. The summed E-state index contributed by atoms with van der Waals surface area (Å²) in [4.78, 5) is 8.73. The molecule has 0 radical (unpaired) electrons. The van der Waals surface area contributed by atoms with Gasteiger partial charge >= 0.3 is 0 Å². The number of nitrogen functional groups attached to an aromatic ring is 1. The third-order valence-corrected chi connectivity index (χ3v) is 8.35. The number of nitrogens with one attached hydrogen (secondary N) is 1. The zero-order valence-corrected chi connectivity index (χ0v) is 22.1. The Morgan fingerprint density at radius 2 is 1.82 bits per heavy atom. The van der Waals surface area contributed by atoms with Crippen molar-refractivity contribution in [3.8, 4) is 34.3 Å². The molecule has 0 aliphatic carbocycles. The zero-order valence-electron chi connectivity index (χ0n) is 21.3. The highest BCUT2D eigenvalue weighted by atomic mass is 32.2. The van der Waals surface area contributed by atoms with Crippen molar-refractivity contribution in [3.05, 3.63) is 60.0 Å². The average Bonchev–Trinajstić information content (AvgIpc) is 3.42. The van der Waals surface area contributed by atoms with Crippen LogP contribution in [0.4, 0.5) is 14.6 Å². The highest BCUT2D eigenvalue weighted by molar-refractivity contribution is 7.92. The fraction of sp³-hybridized carbons (Fsp3) is 0.308. The Bertz CT molecular complexity index is 1550. The van der Waals surface area contributed by atoms with Gasteiger partial charge in [-0.25, -0.2) is 27.2 Å². The smallest absolute Gasteiger partial charge is 0.270 e. The predicted molar refractivity (Wildman–Crippen MR) is 141 cm³/mol. The first-order chi connectivity index (χ1) is 18.6. The second kappa shape index (κ2) is 11.9. The van der Waals surface area contributed by atoms with Gasteiger partial charge in [0.2, 0.25) is 0 Å². The fourth-order valence-electron chi connectivity index (χ4n) is 3.70. The Balaban J connectivity index is 1.57. The van der Waals surface area contributed by atoms with Crippen LogP contribution in [0.2, 0.25) is 0 Å². The van der Waals surface area contributed by atoms with Crippen molar-refractivity contribution in [3.63, 3.8) is 0 Å². The molecule has 0 spiro atoms. The Labute approximate surface area is 224 Å². The van der Waals surface area contributed by atoms with Gasteiger partial charge in [-0.2, -0.15) is 0 Å². The number of benzene rings is 2. The van der Waals surface area contributed by atoms with Gasteiger partial charge in [0.25, 0.3) is 11.8 Å². The molecule has 206 valence electrons. The average molecular weight is 559 g/mol. The van der Waals surface area contributed by atoms with E-state index in [0.29, 0.717) is 23.4 Å². The van der Waals surface area contributed by atoms with Crippen molar-refractivity contribution in [1.29, 1.82) is 0 Å². The number of halogens is 2. The lowest BCUT2D eigenvalue weighted by atomic mass is 10.1. The van der Waals surface area contributed by atoms with E-state index in [1.54, 1.807) is 32.0 Å². The molecular formula is C26H28F2N6O4S. The van der Waals surface area contributed by atoms with E-state index in [0.717, 1.165) is 0 Å². The third-order valence-electron chi connectivity index (χ3n) is 6.12. The van der Waals surface area contributed by atoms with E-state index in [9.17, 15) is 17.2 Å². The molecule has 0 fully saturated rings. The highest BCUT2D eigenvalue weighted by Crippen LogP contribution is 2.30. The van der Waals surface area contributed by atoms with Crippen molar-refractivity contribution in [2.75, 3.05) is 19.0 Å². The quantitative estimate of drug-likeness (QED) is 0.249. The molecule has 2 aromatic heterocycles. The van der Waals surface area contributed by atoms with Gasteiger partial charge in [-0.1, -0.05) is 18.2 Å². The number of hydrogen-bond acceptors (Lipinski definition) is 10. The number of anilines is 1. The van der Waals surface area contributed by atoms with E-state index in [1.165, 1.54) is 30.5 Å². The first-order valence-electron chi connectivity index (χ1n) is 12.1. The van der Waals surface area contributed by atoms with Gasteiger partial charge in [-0.15, -0.1) is 10.2 Å². The standard InChI is InChI=1S/C26H28F2N6O4S/c1-15(12-27)30-13-17-3-8-20(21(28)11-17)25-33-34-26(38-25)23-24(29)31-14-22(32-23)18-4-6-19(7-5-18)39(36,37)16(2)9-10-35/h3-8,11,14-16,30,35H,9-10,12-13H2,1-2H3,(H2,29,31). The number of aliphatic hydroxyl groups is 1. The number of nitrogens with zero attached hydrogens (tertiary/aromatic N) is 4. The van der Waals surface area contributed by atoms with Gasteiger partial charge in [0.1, 0.15) is 12.5 Å². The summed E-state index contributed by atoms with van der Waals surface area (Å²) in [6, 6.07) is 10.2. The van der Waals surface area contributed by atoms with Crippen molar-refractivity contribution in [2.24, 2.45) is 0 Å². The summed E-state index contributed by atoms with van der Waals surface area (Å²) in [5.41, 5.74) is 7.72. The molecule has 13 heteroatoms. The summed E-state index contributed by atoms with van der Waals surface area (Å²) in [5.74, 6) is -0.739. The number of alkyl halides is 1. The molecule has 0 bridgehead atoms. The molecule has 39 heavy (non-hydrogen) atoms. The number of sulfone groups is 1. The molecule has 4 N–H and O–H groups in total. The number of hydrogen-bond donors (Lipinski definition) is 3. The lowest BCUT2D eigenvalue weighted by Crippen LogP contribution is -2.27. The second-order valence-electron chi connectivity index (χ2n) is 9.04. The maximum Gasteiger partial charge on any atom is 0.270 e. The van der Waals surface area contributed by atoms with E-state index in [1.807, 2.05) is 0 Å². The molecule has 0 aliphatic rings. The first-order valence-corrected chi connectivity index (χ1v) is 13.7. The molecule has 0 saturated heterocycles. The number of aliphatic hydroxyl groups excluding tert-OH is 1. The van der Waals surface area contributed by atoms with Gasteiger partial charge < -0.3 is 20.6 Å². The van der Waals surface area contributed by atoms with Gasteiger partial charge in [0, 0.05) is 24.8 Å². The van der Waals surface area contributed by atoms with Crippen molar-refractivity contribution in [1.82, 2.24) is 25.5 Å². The molecule has 0 saturated carbocycles. The SMILES string of the molecule is CC(CF)NCc1ccc(-c2nnc(-c3nc(-c4ccc(S(=O)(=O)C(C)CCO)cc4)cnc3N)o2)c(F)c1. The molecule has 0 aliphatic heterocycles. The lowest BCUT2D eigenvalue weighted by Gasteiger charge is -2.12. The summed E-state index contributed by atoms with van der Waals surface area (Å²) in [7, 11) is -3.59. The third kappa shape index (κ3) is 6.27. The van der Waals surface area contributed by atoms with Crippen LogP contribution in [0, 0.1) is 5.82 Å². The lowest BCUT2D eigenvalue weighted by molar-refractivity contribution is 0.287. The minimum absolute atomic E-state index is 0.00912. The Morgan fingerprint density at radius 1 is 1.10 bits per heavy atom. The van der Waals surface area contributed by atoms with Gasteiger partial charge in [0.05, 0.1) is 27.6 Å². The summed E-state index contributed by atoms with van der Waals surface area (Å²) >= 11 is 0. The summed E-state index contributed by atoms with van der Waals surface area (Å²) < 4.78 is 58.4. The van der Waals surface area contributed by atoms with E-state index in [4.69, 9.17) is 15.3 Å². The maximum atomic E-state index is 14.8. The Morgan fingerprint density at radius 3 is 2.49 bits per heavy atom. The van der Waals surface area contributed by atoms with Gasteiger partial charge in [0.15, 0.2) is 21.3 Å². The number of nitrogens with two attached hydrogens (primary N) is 1. The maximum absolute atomic E-state index is 14.8. The topological polar surface area (TPSA) is 157 Å². The predicted octanol–water partition coefficient (Wildman–Crippen LogP) is 3.57. The largest absolute Gasteiger partial charge is 0.414 e. The molecule has 2 aromatic carbocycles. The van der Waals surface area contributed by atoms with Crippen molar-refractivity contribution in [2.45, 2.75) is 43.0 Å². The highest BCUT2D eigenvalue weighted by Gasteiger charge is 2.23. The fourth-order valence-corrected chi connectivity index (χ4v) is 5.09. The van der Waals surface area contributed by atoms with E-state index < -0.39 is 27.6 Å². The van der Waals surface area contributed by atoms with Crippen LogP contribution in [-0.4, -0.2) is 58.3 Å². The summed E-state index contributed by atoms with van der Waals surface area (Å²) in [6.45, 7) is 2.77. The minimum atomic E-state index is -3.59. The van der Waals surface area contributed by atoms with E-state index in [-0.39, 0.29) is 52.8 Å². The molecule has 0 amide bonds. The van der Waals surface area contributed by atoms with Crippen molar-refractivity contribution >= 4 is 15.7 Å². The monoisotopic (exact) mass is 558 g/mol. The van der Waals surface area contributed by atoms with Crippen LogP contribution in [0.15, 0.2) is 58.0 Å². The molecule has 4 rings (SSSR count). The molecular weight excluding hydrogens is 530 g/mol. The number of aromatic nitrogens is 4. The Kier molecular flexibility index (Phi) is 8.63.